The van der Waals surface area contributed by atoms with Crippen LogP contribution >= 0.6 is 0 Å². The Morgan fingerprint density at radius 1 is 1.23 bits per heavy atom. The predicted octanol–water partition coefficient (Wildman–Crippen LogP) is 3.75. The highest BCUT2D eigenvalue weighted by atomic mass is 16.5. The molecule has 4 rings (SSSR count). The number of aromatic nitrogens is 1. The highest BCUT2D eigenvalue weighted by Gasteiger charge is 2.23. The minimum Gasteiger partial charge on any atom is -0.479 e. The van der Waals surface area contributed by atoms with Gasteiger partial charge in [0.2, 0.25) is 5.88 Å². The molecule has 2 heterocycles. The maximum absolute atomic E-state index is 12.6. The molecule has 3 aromatic rings. The van der Waals surface area contributed by atoms with Gasteiger partial charge in [-0.05, 0) is 36.8 Å². The van der Waals surface area contributed by atoms with Gasteiger partial charge in [0.25, 0.3) is 5.91 Å². The fraction of sp³-hybridized carbons (Fsp3) is 0.208. The number of carbonyl (C=O) groups excluding carboxylic acids is 1. The van der Waals surface area contributed by atoms with E-state index in [9.17, 15) is 4.79 Å². The van der Waals surface area contributed by atoms with Crippen molar-refractivity contribution in [3.63, 3.8) is 0 Å². The quantitative estimate of drug-likeness (QED) is 0.661. The molecule has 1 N–H and O–H groups in total. The van der Waals surface area contributed by atoms with Crippen LogP contribution in [0.15, 0.2) is 60.7 Å². The highest BCUT2D eigenvalue weighted by molar-refractivity contribution is 5.93. The van der Waals surface area contributed by atoms with Crippen LogP contribution < -0.4 is 19.7 Å². The second-order valence-electron chi connectivity index (χ2n) is 7.13. The van der Waals surface area contributed by atoms with Crippen molar-refractivity contribution in [3.05, 3.63) is 77.5 Å². The molecule has 0 unspecified atom stereocenters. The van der Waals surface area contributed by atoms with Crippen LogP contribution in [0.3, 0.4) is 0 Å². The van der Waals surface area contributed by atoms with Gasteiger partial charge in [0.05, 0.1) is 6.54 Å². The second-order valence-corrected chi connectivity index (χ2v) is 7.13. The van der Waals surface area contributed by atoms with E-state index in [-0.39, 0.29) is 12.5 Å². The van der Waals surface area contributed by atoms with E-state index in [1.807, 2.05) is 67.6 Å². The number of nitrogens with zero attached hydrogens (tertiary/aromatic N) is 3. The summed E-state index contributed by atoms with van der Waals surface area (Å²) in [7, 11) is 0. The largest absolute Gasteiger partial charge is 0.479 e. The van der Waals surface area contributed by atoms with Crippen molar-refractivity contribution in [2.45, 2.75) is 13.5 Å². The molecule has 0 saturated heterocycles. The Morgan fingerprint density at radius 3 is 2.87 bits per heavy atom. The van der Waals surface area contributed by atoms with Crippen LogP contribution in [-0.2, 0) is 6.54 Å². The number of pyridine rings is 1. The standard InChI is InChI=1S/C24H22N4O3/c1-17-5-7-18(8-6-17)16-26-23(29)21-9-10-22-24(27-21)31-14-12-28(22)19-3-2-4-20(15-19)30-13-11-25/h2-10,15H,12-14,16H2,1H3,(H,26,29). The summed E-state index contributed by atoms with van der Waals surface area (Å²) < 4.78 is 11.1. The number of nitrogens with one attached hydrogen (secondary N) is 1. The number of hydrogen-bond acceptors (Lipinski definition) is 6. The number of benzene rings is 2. The van der Waals surface area contributed by atoms with E-state index in [1.54, 1.807) is 6.07 Å². The van der Waals surface area contributed by atoms with Crippen LogP contribution in [0.5, 0.6) is 11.6 Å². The van der Waals surface area contributed by atoms with Gasteiger partial charge in [-0.3, -0.25) is 4.79 Å². The number of ether oxygens (including phenoxy) is 2. The van der Waals surface area contributed by atoms with Gasteiger partial charge in [0.1, 0.15) is 29.8 Å². The zero-order chi connectivity index (χ0) is 21.6. The van der Waals surface area contributed by atoms with E-state index in [0.717, 1.165) is 16.9 Å². The van der Waals surface area contributed by atoms with Crippen molar-refractivity contribution in [1.29, 1.82) is 5.26 Å². The summed E-state index contributed by atoms with van der Waals surface area (Å²) in [5.41, 5.74) is 4.18. The van der Waals surface area contributed by atoms with Gasteiger partial charge < -0.3 is 19.7 Å². The summed E-state index contributed by atoms with van der Waals surface area (Å²) in [6.07, 6.45) is 0. The molecular formula is C24H22N4O3. The van der Waals surface area contributed by atoms with Gasteiger partial charge in [-0.2, -0.15) is 5.26 Å². The molecule has 1 aliphatic heterocycles. The lowest BCUT2D eigenvalue weighted by atomic mass is 10.1. The lowest BCUT2D eigenvalue weighted by Gasteiger charge is -2.30. The van der Waals surface area contributed by atoms with Crippen molar-refractivity contribution in [3.8, 4) is 17.7 Å². The normalized spacial score (nSPS) is 12.3. The van der Waals surface area contributed by atoms with E-state index >= 15 is 0 Å². The third-order valence-corrected chi connectivity index (χ3v) is 4.92. The molecule has 31 heavy (non-hydrogen) atoms. The van der Waals surface area contributed by atoms with Crippen LogP contribution in [0.4, 0.5) is 11.4 Å². The monoisotopic (exact) mass is 414 g/mol. The zero-order valence-electron chi connectivity index (χ0n) is 17.2. The Hall–Kier alpha value is -4.05. The Balaban J connectivity index is 1.50. The molecule has 2 aromatic carbocycles. The third-order valence-electron chi connectivity index (χ3n) is 4.92. The summed E-state index contributed by atoms with van der Waals surface area (Å²) in [4.78, 5) is 19.1. The van der Waals surface area contributed by atoms with Crippen LogP contribution in [-0.4, -0.2) is 30.6 Å². The second kappa shape index (κ2) is 9.18. The number of aryl methyl sites for hydroxylation is 1. The highest BCUT2D eigenvalue weighted by Crippen LogP contribution is 2.36. The summed E-state index contributed by atoms with van der Waals surface area (Å²) in [6, 6.07) is 21.0. The number of anilines is 2. The van der Waals surface area contributed by atoms with Gasteiger partial charge in [0.15, 0.2) is 6.61 Å². The molecule has 1 aromatic heterocycles. The minimum absolute atomic E-state index is 0.00817. The van der Waals surface area contributed by atoms with Crippen molar-refractivity contribution in [2.75, 3.05) is 24.7 Å². The van der Waals surface area contributed by atoms with Crippen molar-refractivity contribution in [2.24, 2.45) is 0 Å². The van der Waals surface area contributed by atoms with E-state index < -0.39 is 0 Å². The number of rotatable bonds is 6. The molecule has 0 fully saturated rings. The summed E-state index contributed by atoms with van der Waals surface area (Å²) in [6.45, 7) is 3.53. The Labute approximate surface area is 180 Å². The fourth-order valence-corrected chi connectivity index (χ4v) is 3.33. The summed E-state index contributed by atoms with van der Waals surface area (Å²) in [5, 5.41) is 11.6. The molecule has 156 valence electrons. The van der Waals surface area contributed by atoms with Crippen LogP contribution in [0, 0.1) is 18.3 Å². The van der Waals surface area contributed by atoms with Crippen LogP contribution in [0.2, 0.25) is 0 Å². The Bertz CT molecular complexity index is 1120. The molecule has 1 aliphatic rings. The zero-order valence-corrected chi connectivity index (χ0v) is 17.2. The van der Waals surface area contributed by atoms with Gasteiger partial charge in [-0.25, -0.2) is 4.98 Å². The average molecular weight is 414 g/mol. The van der Waals surface area contributed by atoms with Gasteiger partial charge in [-0.1, -0.05) is 35.9 Å². The molecule has 0 spiro atoms. The molecule has 7 heteroatoms. The molecular weight excluding hydrogens is 392 g/mol. The molecule has 0 radical (unpaired) electrons. The SMILES string of the molecule is Cc1ccc(CNC(=O)c2ccc3c(n2)OCCN3c2cccc(OCC#N)c2)cc1. The Morgan fingerprint density at radius 2 is 2.06 bits per heavy atom. The number of nitriles is 1. The topological polar surface area (TPSA) is 87.5 Å². The number of hydrogen-bond donors (Lipinski definition) is 1. The first-order valence-corrected chi connectivity index (χ1v) is 9.99. The first-order chi connectivity index (χ1) is 15.1. The minimum atomic E-state index is -0.254. The first-order valence-electron chi connectivity index (χ1n) is 9.99. The fourth-order valence-electron chi connectivity index (χ4n) is 3.33. The van der Waals surface area contributed by atoms with Crippen molar-refractivity contribution >= 4 is 17.3 Å². The summed E-state index contributed by atoms with van der Waals surface area (Å²) in [5.74, 6) is 0.778. The van der Waals surface area contributed by atoms with Crippen LogP contribution in [0.25, 0.3) is 0 Å². The summed E-state index contributed by atoms with van der Waals surface area (Å²) >= 11 is 0. The van der Waals surface area contributed by atoms with Gasteiger partial charge in [-0.15, -0.1) is 0 Å². The van der Waals surface area contributed by atoms with Crippen molar-refractivity contribution < 1.29 is 14.3 Å². The van der Waals surface area contributed by atoms with E-state index in [1.165, 1.54) is 5.56 Å². The maximum atomic E-state index is 12.6. The number of carbonyl (C=O) groups is 1. The third kappa shape index (κ3) is 4.75. The molecule has 0 saturated carbocycles. The van der Waals surface area contributed by atoms with E-state index in [0.29, 0.717) is 37.0 Å². The first kappa shape index (κ1) is 20.2. The van der Waals surface area contributed by atoms with E-state index in [4.69, 9.17) is 14.7 Å². The van der Waals surface area contributed by atoms with Gasteiger partial charge in [0, 0.05) is 18.3 Å². The van der Waals surface area contributed by atoms with Crippen molar-refractivity contribution in [1.82, 2.24) is 10.3 Å². The molecule has 0 bridgehead atoms. The lowest BCUT2D eigenvalue weighted by molar-refractivity contribution is 0.0944. The van der Waals surface area contributed by atoms with Gasteiger partial charge >= 0.3 is 0 Å². The predicted molar refractivity (Wildman–Crippen MR) is 117 cm³/mol. The number of fused-ring (bicyclic) bond motifs is 1. The van der Waals surface area contributed by atoms with Crippen LogP contribution in [0.1, 0.15) is 21.6 Å². The average Bonchev–Trinajstić information content (AvgIpc) is 2.81. The molecule has 0 atom stereocenters. The lowest BCUT2D eigenvalue weighted by Crippen LogP contribution is -2.30. The Kier molecular flexibility index (Phi) is 5.99. The molecule has 7 nitrogen and oxygen atoms in total. The molecule has 0 aliphatic carbocycles. The maximum Gasteiger partial charge on any atom is 0.270 e. The smallest absolute Gasteiger partial charge is 0.270 e. The molecule has 1 amide bonds. The number of amides is 1. The van der Waals surface area contributed by atoms with E-state index in [2.05, 4.69) is 15.2 Å².